The number of nitrogens with one attached hydrogen (secondary N) is 1. The molecule has 4 N–H and O–H groups in total. The fraction of sp³-hybridized carbons (Fsp3) is 0.167. The summed E-state index contributed by atoms with van der Waals surface area (Å²) in [6.07, 6.45) is 1.40. The summed E-state index contributed by atoms with van der Waals surface area (Å²) in [4.78, 5) is 17.3. The van der Waals surface area contributed by atoms with Crippen LogP contribution < -0.4 is 10.5 Å². The molecule has 2 rings (SSSR count). The van der Waals surface area contributed by atoms with Crippen LogP contribution in [0.25, 0.3) is 11.3 Å². The minimum absolute atomic E-state index is 0.110. The largest absolute Gasteiger partial charge is 0.494 e. The van der Waals surface area contributed by atoms with Crippen LogP contribution in [0.2, 0.25) is 0 Å². The first-order valence-corrected chi connectivity index (χ1v) is 5.40. The zero-order valence-corrected chi connectivity index (χ0v) is 10.1. The van der Waals surface area contributed by atoms with Crippen LogP contribution in [0.4, 0.5) is 4.39 Å². The molecular weight excluding hydrogens is 253 g/mol. The Kier molecular flexibility index (Phi) is 3.48. The molecule has 0 aliphatic carbocycles. The van der Waals surface area contributed by atoms with Crippen molar-refractivity contribution < 1.29 is 19.0 Å². The van der Waals surface area contributed by atoms with Gasteiger partial charge in [-0.1, -0.05) is 0 Å². The summed E-state index contributed by atoms with van der Waals surface area (Å²) < 4.78 is 18.4. The van der Waals surface area contributed by atoms with Gasteiger partial charge >= 0.3 is 5.97 Å². The van der Waals surface area contributed by atoms with Crippen LogP contribution in [0.15, 0.2) is 24.4 Å². The standard InChI is InChI=1S/C12H12FN3O3/c1-19-9-3-2-6(4-7(9)13)8-5-15-11(16-8)10(14)12(17)18/h2-5,10H,14H2,1H3,(H,15,16)(H,17,18). The number of nitrogens with zero attached hydrogens (tertiary/aromatic N) is 1. The number of ether oxygens (including phenoxy) is 1. The first-order chi connectivity index (χ1) is 9.02. The molecule has 1 atom stereocenters. The van der Waals surface area contributed by atoms with E-state index in [-0.39, 0.29) is 11.6 Å². The lowest BCUT2D eigenvalue weighted by Gasteiger charge is -2.04. The van der Waals surface area contributed by atoms with E-state index in [4.69, 9.17) is 15.6 Å². The lowest BCUT2D eigenvalue weighted by Crippen LogP contribution is -2.21. The second kappa shape index (κ2) is 5.07. The molecular formula is C12H12FN3O3. The number of hydrogen-bond donors (Lipinski definition) is 3. The average Bonchev–Trinajstić information content (AvgIpc) is 2.87. The number of rotatable bonds is 4. The highest BCUT2D eigenvalue weighted by Crippen LogP contribution is 2.24. The van der Waals surface area contributed by atoms with Gasteiger partial charge in [0.25, 0.3) is 0 Å². The number of imidazole rings is 1. The number of nitrogens with two attached hydrogens (primary N) is 1. The Bertz CT molecular complexity index is 612. The van der Waals surface area contributed by atoms with Gasteiger partial charge in [0.15, 0.2) is 17.6 Å². The molecule has 0 spiro atoms. The molecule has 0 bridgehead atoms. The highest BCUT2D eigenvalue weighted by Gasteiger charge is 2.18. The molecule has 19 heavy (non-hydrogen) atoms. The fourth-order valence-electron chi connectivity index (χ4n) is 1.59. The fourth-order valence-corrected chi connectivity index (χ4v) is 1.59. The normalized spacial score (nSPS) is 12.2. The molecule has 0 aliphatic rings. The van der Waals surface area contributed by atoms with Crippen LogP contribution in [-0.2, 0) is 4.79 Å². The van der Waals surface area contributed by atoms with E-state index < -0.39 is 17.8 Å². The van der Waals surface area contributed by atoms with Crippen LogP contribution in [-0.4, -0.2) is 28.2 Å². The molecule has 1 heterocycles. The number of halogens is 1. The Balaban J connectivity index is 2.33. The molecule has 0 saturated carbocycles. The smallest absolute Gasteiger partial charge is 0.328 e. The number of carbonyl (C=O) groups is 1. The molecule has 1 aromatic heterocycles. The Morgan fingerprint density at radius 3 is 2.89 bits per heavy atom. The zero-order valence-electron chi connectivity index (χ0n) is 10.1. The number of aromatic nitrogens is 2. The number of benzene rings is 1. The molecule has 1 aromatic carbocycles. The SMILES string of the molecule is COc1ccc(-c2cnc(C(N)C(=O)O)[nH]2)cc1F. The highest BCUT2D eigenvalue weighted by atomic mass is 19.1. The molecule has 0 aliphatic heterocycles. The predicted octanol–water partition coefficient (Wildman–Crippen LogP) is 1.31. The third kappa shape index (κ3) is 2.55. The topological polar surface area (TPSA) is 101 Å². The predicted molar refractivity (Wildman–Crippen MR) is 65.1 cm³/mol. The molecule has 7 heteroatoms. The lowest BCUT2D eigenvalue weighted by molar-refractivity contribution is -0.138. The van der Waals surface area contributed by atoms with Crippen LogP contribution in [0.1, 0.15) is 11.9 Å². The van der Waals surface area contributed by atoms with Crippen LogP contribution >= 0.6 is 0 Å². The second-order valence-electron chi connectivity index (χ2n) is 3.85. The maximum atomic E-state index is 13.6. The summed E-state index contributed by atoms with van der Waals surface area (Å²) in [5.41, 5.74) is 6.42. The summed E-state index contributed by atoms with van der Waals surface area (Å²) in [7, 11) is 1.37. The highest BCUT2D eigenvalue weighted by molar-refractivity contribution is 5.74. The van der Waals surface area contributed by atoms with Gasteiger partial charge in [0.2, 0.25) is 0 Å². The van der Waals surface area contributed by atoms with Gasteiger partial charge < -0.3 is 20.6 Å². The van der Waals surface area contributed by atoms with Crippen molar-refractivity contribution >= 4 is 5.97 Å². The molecule has 0 saturated heterocycles. The number of aromatic amines is 1. The minimum Gasteiger partial charge on any atom is -0.494 e. The molecule has 0 amide bonds. The van der Waals surface area contributed by atoms with Gasteiger partial charge in [-0.25, -0.2) is 9.37 Å². The lowest BCUT2D eigenvalue weighted by atomic mass is 10.1. The molecule has 100 valence electrons. The molecule has 0 fully saturated rings. The van der Waals surface area contributed by atoms with Gasteiger partial charge in [0.1, 0.15) is 5.82 Å². The average molecular weight is 265 g/mol. The Morgan fingerprint density at radius 2 is 2.32 bits per heavy atom. The van der Waals surface area contributed by atoms with E-state index in [9.17, 15) is 9.18 Å². The number of methoxy groups -OCH3 is 1. The van der Waals surface area contributed by atoms with Gasteiger partial charge in [0.05, 0.1) is 19.0 Å². The van der Waals surface area contributed by atoms with E-state index in [1.54, 1.807) is 6.07 Å². The third-order valence-electron chi connectivity index (χ3n) is 2.62. The summed E-state index contributed by atoms with van der Waals surface area (Å²) >= 11 is 0. The van der Waals surface area contributed by atoms with E-state index in [0.717, 1.165) is 0 Å². The molecule has 2 aromatic rings. The van der Waals surface area contributed by atoms with Gasteiger partial charge in [-0.05, 0) is 18.2 Å². The van der Waals surface area contributed by atoms with Crippen molar-refractivity contribution in [3.63, 3.8) is 0 Å². The summed E-state index contributed by atoms with van der Waals surface area (Å²) in [6.45, 7) is 0. The number of carboxylic acids is 1. The van der Waals surface area contributed by atoms with E-state index in [0.29, 0.717) is 11.3 Å². The van der Waals surface area contributed by atoms with E-state index in [1.165, 1.54) is 25.4 Å². The van der Waals surface area contributed by atoms with Gasteiger partial charge in [-0.3, -0.25) is 4.79 Å². The molecule has 0 radical (unpaired) electrons. The Morgan fingerprint density at radius 1 is 1.58 bits per heavy atom. The second-order valence-corrected chi connectivity index (χ2v) is 3.85. The van der Waals surface area contributed by atoms with Crippen molar-refractivity contribution in [2.75, 3.05) is 7.11 Å². The maximum Gasteiger partial charge on any atom is 0.328 e. The van der Waals surface area contributed by atoms with Crippen molar-refractivity contribution in [1.82, 2.24) is 9.97 Å². The number of hydrogen-bond acceptors (Lipinski definition) is 4. The number of H-pyrrole nitrogens is 1. The van der Waals surface area contributed by atoms with Crippen LogP contribution in [0, 0.1) is 5.82 Å². The monoisotopic (exact) mass is 265 g/mol. The van der Waals surface area contributed by atoms with Gasteiger partial charge in [0, 0.05) is 5.56 Å². The quantitative estimate of drug-likeness (QED) is 0.773. The van der Waals surface area contributed by atoms with E-state index in [2.05, 4.69) is 9.97 Å². The first kappa shape index (κ1) is 13.0. The minimum atomic E-state index is -1.24. The van der Waals surface area contributed by atoms with Crippen molar-refractivity contribution in [2.24, 2.45) is 5.73 Å². The van der Waals surface area contributed by atoms with Crippen molar-refractivity contribution in [3.8, 4) is 17.0 Å². The molecule has 1 unspecified atom stereocenters. The van der Waals surface area contributed by atoms with Crippen molar-refractivity contribution in [1.29, 1.82) is 0 Å². The summed E-state index contributed by atoms with van der Waals surface area (Å²) in [6, 6.07) is 3.13. The van der Waals surface area contributed by atoms with Gasteiger partial charge in [-0.2, -0.15) is 0 Å². The van der Waals surface area contributed by atoms with Gasteiger partial charge in [-0.15, -0.1) is 0 Å². The Labute approximate surface area is 108 Å². The first-order valence-electron chi connectivity index (χ1n) is 5.40. The Hall–Kier alpha value is -2.41. The third-order valence-corrected chi connectivity index (χ3v) is 2.62. The zero-order chi connectivity index (χ0) is 14.0. The molecule has 6 nitrogen and oxygen atoms in total. The maximum absolute atomic E-state index is 13.6. The van der Waals surface area contributed by atoms with Crippen LogP contribution in [0.5, 0.6) is 5.75 Å². The van der Waals surface area contributed by atoms with Crippen LogP contribution in [0.3, 0.4) is 0 Å². The number of carboxylic acid groups (broad SMARTS) is 1. The van der Waals surface area contributed by atoms with Crippen molar-refractivity contribution in [2.45, 2.75) is 6.04 Å². The van der Waals surface area contributed by atoms with Crippen molar-refractivity contribution in [3.05, 3.63) is 36.0 Å². The van der Waals surface area contributed by atoms with E-state index >= 15 is 0 Å². The summed E-state index contributed by atoms with van der Waals surface area (Å²) in [5.74, 6) is -1.47. The number of aliphatic carboxylic acids is 1. The summed E-state index contributed by atoms with van der Waals surface area (Å²) in [5, 5.41) is 8.77. The van der Waals surface area contributed by atoms with E-state index in [1.807, 2.05) is 0 Å².